The van der Waals surface area contributed by atoms with E-state index in [9.17, 15) is 9.59 Å². The quantitative estimate of drug-likeness (QED) is 0.447. The van der Waals surface area contributed by atoms with Gasteiger partial charge in [-0.1, -0.05) is 51.8 Å². The fourth-order valence-corrected chi connectivity index (χ4v) is 2.77. The van der Waals surface area contributed by atoms with Gasteiger partial charge in [-0.05, 0) is 55.0 Å². The van der Waals surface area contributed by atoms with E-state index in [0.717, 1.165) is 15.6 Å². The topological polar surface area (TPSA) is 70.6 Å². The standard InChI is InChI=1S/C22H18BrN3O2/c1-15-4-2-5-17(12-15)21(27)25-20-7-3-6-18(13-20)22(28)26-24-14-16-8-10-19(23)11-9-16/h2-14H,1H3,(H,25,27)(H,26,28). The lowest BCUT2D eigenvalue weighted by Crippen LogP contribution is -2.18. The van der Waals surface area contributed by atoms with Crippen LogP contribution in [-0.2, 0) is 0 Å². The van der Waals surface area contributed by atoms with Crippen molar-refractivity contribution in [1.82, 2.24) is 5.43 Å². The number of aryl methyl sites for hydroxylation is 1. The predicted octanol–water partition coefficient (Wildman–Crippen LogP) is 4.77. The van der Waals surface area contributed by atoms with E-state index in [-0.39, 0.29) is 11.8 Å². The summed E-state index contributed by atoms with van der Waals surface area (Å²) in [5, 5.41) is 6.77. The minimum Gasteiger partial charge on any atom is -0.322 e. The zero-order valence-corrected chi connectivity index (χ0v) is 16.7. The van der Waals surface area contributed by atoms with Crippen LogP contribution in [0.15, 0.2) is 82.4 Å². The average molecular weight is 436 g/mol. The summed E-state index contributed by atoms with van der Waals surface area (Å²) >= 11 is 3.37. The van der Waals surface area contributed by atoms with Crippen molar-refractivity contribution in [2.75, 3.05) is 5.32 Å². The maximum absolute atomic E-state index is 12.4. The largest absolute Gasteiger partial charge is 0.322 e. The van der Waals surface area contributed by atoms with Crippen molar-refractivity contribution >= 4 is 39.6 Å². The van der Waals surface area contributed by atoms with Crippen LogP contribution >= 0.6 is 15.9 Å². The van der Waals surface area contributed by atoms with Gasteiger partial charge in [0, 0.05) is 21.3 Å². The number of benzene rings is 3. The number of amides is 2. The van der Waals surface area contributed by atoms with E-state index in [2.05, 4.69) is 31.8 Å². The Bertz CT molecular complexity index is 1030. The highest BCUT2D eigenvalue weighted by Crippen LogP contribution is 2.13. The number of anilines is 1. The second-order valence-corrected chi connectivity index (χ2v) is 7.07. The molecule has 0 aliphatic heterocycles. The van der Waals surface area contributed by atoms with Crippen LogP contribution < -0.4 is 10.7 Å². The van der Waals surface area contributed by atoms with Gasteiger partial charge in [-0.2, -0.15) is 5.10 Å². The molecule has 0 aliphatic carbocycles. The number of hydrogen-bond acceptors (Lipinski definition) is 3. The van der Waals surface area contributed by atoms with Crippen molar-refractivity contribution in [3.05, 3.63) is 99.5 Å². The fraction of sp³-hybridized carbons (Fsp3) is 0.0455. The molecule has 5 nitrogen and oxygen atoms in total. The molecule has 28 heavy (non-hydrogen) atoms. The van der Waals surface area contributed by atoms with Crippen LogP contribution in [0, 0.1) is 6.92 Å². The number of carbonyl (C=O) groups excluding carboxylic acids is 2. The van der Waals surface area contributed by atoms with Crippen LogP contribution in [0.4, 0.5) is 5.69 Å². The number of hydrazone groups is 1. The molecule has 0 radical (unpaired) electrons. The minimum absolute atomic E-state index is 0.227. The molecule has 0 atom stereocenters. The summed E-state index contributed by atoms with van der Waals surface area (Å²) in [7, 11) is 0. The number of carbonyl (C=O) groups is 2. The van der Waals surface area contributed by atoms with Crippen molar-refractivity contribution in [2.45, 2.75) is 6.92 Å². The summed E-state index contributed by atoms with van der Waals surface area (Å²) in [4.78, 5) is 24.7. The Labute approximate surface area is 171 Å². The predicted molar refractivity (Wildman–Crippen MR) is 115 cm³/mol. The Hall–Kier alpha value is -3.25. The van der Waals surface area contributed by atoms with E-state index in [0.29, 0.717) is 16.8 Å². The Morgan fingerprint density at radius 3 is 2.29 bits per heavy atom. The summed E-state index contributed by atoms with van der Waals surface area (Å²) in [6.07, 6.45) is 1.56. The molecular formula is C22H18BrN3O2. The molecular weight excluding hydrogens is 418 g/mol. The van der Waals surface area contributed by atoms with Crippen molar-refractivity contribution < 1.29 is 9.59 Å². The van der Waals surface area contributed by atoms with Crippen molar-refractivity contribution in [3.63, 3.8) is 0 Å². The molecule has 0 unspecified atom stereocenters. The van der Waals surface area contributed by atoms with Crippen LogP contribution in [0.1, 0.15) is 31.8 Å². The van der Waals surface area contributed by atoms with Gasteiger partial charge in [0.25, 0.3) is 11.8 Å². The van der Waals surface area contributed by atoms with E-state index in [1.165, 1.54) is 0 Å². The third-order valence-electron chi connectivity index (χ3n) is 3.91. The van der Waals surface area contributed by atoms with Crippen molar-refractivity contribution in [3.8, 4) is 0 Å². The van der Waals surface area contributed by atoms with E-state index in [1.807, 2.05) is 49.4 Å². The number of halogens is 1. The van der Waals surface area contributed by atoms with Crippen molar-refractivity contribution in [1.29, 1.82) is 0 Å². The summed E-state index contributed by atoms with van der Waals surface area (Å²) in [5.74, 6) is -0.588. The van der Waals surface area contributed by atoms with Gasteiger partial charge in [0.05, 0.1) is 6.21 Å². The Kier molecular flexibility index (Phi) is 6.34. The molecule has 3 rings (SSSR count). The third-order valence-corrected chi connectivity index (χ3v) is 4.44. The smallest absolute Gasteiger partial charge is 0.271 e. The lowest BCUT2D eigenvalue weighted by Gasteiger charge is -2.07. The Morgan fingerprint density at radius 2 is 1.57 bits per heavy atom. The molecule has 2 N–H and O–H groups in total. The monoisotopic (exact) mass is 435 g/mol. The second-order valence-electron chi connectivity index (χ2n) is 6.16. The zero-order chi connectivity index (χ0) is 19.9. The molecule has 0 fully saturated rings. The molecule has 3 aromatic carbocycles. The molecule has 2 amide bonds. The second kappa shape index (κ2) is 9.10. The van der Waals surface area contributed by atoms with Gasteiger partial charge < -0.3 is 5.32 Å². The van der Waals surface area contributed by atoms with Gasteiger partial charge in [-0.15, -0.1) is 0 Å². The van der Waals surface area contributed by atoms with Crippen LogP contribution in [0.3, 0.4) is 0 Å². The Balaban J connectivity index is 1.64. The van der Waals surface area contributed by atoms with Crippen LogP contribution in [-0.4, -0.2) is 18.0 Å². The first-order valence-electron chi connectivity index (χ1n) is 8.58. The summed E-state index contributed by atoms with van der Waals surface area (Å²) < 4.78 is 0.971. The number of nitrogens with one attached hydrogen (secondary N) is 2. The zero-order valence-electron chi connectivity index (χ0n) is 15.1. The maximum atomic E-state index is 12.4. The minimum atomic E-state index is -0.361. The number of nitrogens with zero attached hydrogens (tertiary/aromatic N) is 1. The molecule has 0 bridgehead atoms. The van der Waals surface area contributed by atoms with E-state index in [4.69, 9.17) is 0 Å². The van der Waals surface area contributed by atoms with Gasteiger partial charge in [-0.25, -0.2) is 5.43 Å². The van der Waals surface area contributed by atoms with E-state index >= 15 is 0 Å². The van der Waals surface area contributed by atoms with E-state index < -0.39 is 0 Å². The molecule has 0 aromatic heterocycles. The van der Waals surface area contributed by atoms with Crippen LogP contribution in [0.2, 0.25) is 0 Å². The molecule has 6 heteroatoms. The lowest BCUT2D eigenvalue weighted by atomic mass is 10.1. The molecule has 0 heterocycles. The van der Waals surface area contributed by atoms with Crippen molar-refractivity contribution in [2.24, 2.45) is 5.10 Å². The molecule has 0 spiro atoms. The SMILES string of the molecule is Cc1cccc(C(=O)Nc2cccc(C(=O)NN=Cc3ccc(Br)cc3)c2)c1. The first-order valence-corrected chi connectivity index (χ1v) is 9.37. The molecule has 0 saturated heterocycles. The lowest BCUT2D eigenvalue weighted by molar-refractivity contribution is 0.0953. The third kappa shape index (κ3) is 5.37. The highest BCUT2D eigenvalue weighted by atomic mass is 79.9. The molecule has 3 aromatic rings. The fourth-order valence-electron chi connectivity index (χ4n) is 2.51. The van der Waals surface area contributed by atoms with Gasteiger partial charge in [0.1, 0.15) is 0 Å². The summed E-state index contributed by atoms with van der Waals surface area (Å²) in [6.45, 7) is 1.93. The number of hydrogen-bond donors (Lipinski definition) is 2. The van der Waals surface area contributed by atoms with Gasteiger partial charge in [0.2, 0.25) is 0 Å². The highest BCUT2D eigenvalue weighted by molar-refractivity contribution is 9.10. The molecule has 140 valence electrons. The molecule has 0 saturated carbocycles. The van der Waals surface area contributed by atoms with Gasteiger partial charge in [-0.3, -0.25) is 9.59 Å². The van der Waals surface area contributed by atoms with Gasteiger partial charge in [0.15, 0.2) is 0 Å². The maximum Gasteiger partial charge on any atom is 0.271 e. The van der Waals surface area contributed by atoms with E-state index in [1.54, 1.807) is 36.5 Å². The van der Waals surface area contributed by atoms with Gasteiger partial charge >= 0.3 is 0 Å². The Morgan fingerprint density at radius 1 is 0.893 bits per heavy atom. The summed E-state index contributed by atoms with van der Waals surface area (Å²) in [5.41, 5.74) is 5.86. The normalized spacial score (nSPS) is 10.6. The average Bonchev–Trinajstić information content (AvgIpc) is 2.69. The first-order chi connectivity index (χ1) is 13.5. The van der Waals surface area contributed by atoms with Crippen LogP contribution in [0.25, 0.3) is 0 Å². The molecule has 0 aliphatic rings. The first kappa shape index (κ1) is 19.5. The highest BCUT2D eigenvalue weighted by Gasteiger charge is 2.09. The summed E-state index contributed by atoms with van der Waals surface area (Å²) in [6, 6.07) is 21.6. The number of rotatable bonds is 5. The van der Waals surface area contributed by atoms with Crippen LogP contribution in [0.5, 0.6) is 0 Å².